The maximum atomic E-state index is 6.35. The smallest absolute Gasteiger partial charge is 0.173 e. The van der Waals surface area contributed by atoms with Gasteiger partial charge < -0.3 is 16.4 Å². The normalized spacial score (nSPS) is 20.0. The Morgan fingerprint density at radius 2 is 1.96 bits per heavy atom. The van der Waals surface area contributed by atoms with Crippen LogP contribution >= 0.6 is 27.5 Å². The van der Waals surface area contributed by atoms with Crippen LogP contribution in [0.2, 0.25) is 5.02 Å². The Labute approximate surface area is 171 Å². The minimum atomic E-state index is 0.320. The molecule has 0 atom stereocenters. The van der Waals surface area contributed by atoms with E-state index in [1.807, 2.05) is 31.2 Å². The first-order chi connectivity index (χ1) is 13.0. The predicted octanol–water partition coefficient (Wildman–Crippen LogP) is 4.88. The Morgan fingerprint density at radius 1 is 1.22 bits per heavy atom. The average Bonchev–Trinajstić information content (AvgIpc) is 3.02. The third-order valence-electron chi connectivity index (χ3n) is 5.08. The summed E-state index contributed by atoms with van der Waals surface area (Å²) in [7, 11) is 0. The molecule has 6 nitrogen and oxygen atoms in total. The number of hydrogen-bond donors (Lipinski definition) is 3. The monoisotopic (exact) mass is 448 g/mol. The minimum Gasteiger partial charge on any atom is -0.367 e. The number of fused-ring (bicyclic) bond motifs is 1. The van der Waals surface area contributed by atoms with Gasteiger partial charge in [-0.15, -0.1) is 0 Å². The standard InChI is InChI=1S/C19H22BrClN6/c1-11-17(24-13-8-6-12(22)7-9-13)26-19-14(20)10-23-27(19)18(11)25-16-5-3-2-4-15(16)21/h2-5,10,12-13,25H,6-9,22H2,1H3,(H,24,26). The van der Waals surface area contributed by atoms with Gasteiger partial charge in [0.2, 0.25) is 0 Å². The number of para-hydroxylation sites is 1. The number of nitrogens with two attached hydrogens (primary N) is 1. The SMILES string of the molecule is Cc1c(NC2CCC(N)CC2)nc2c(Br)cnn2c1Nc1ccccc1Cl. The molecule has 0 saturated heterocycles. The van der Waals surface area contributed by atoms with Gasteiger partial charge in [-0.1, -0.05) is 23.7 Å². The number of aromatic nitrogens is 3. The molecule has 1 aromatic carbocycles. The molecule has 1 aliphatic rings. The molecule has 3 aromatic rings. The number of rotatable bonds is 4. The number of nitrogens with zero attached hydrogens (tertiary/aromatic N) is 3. The lowest BCUT2D eigenvalue weighted by molar-refractivity contribution is 0.410. The van der Waals surface area contributed by atoms with E-state index in [0.29, 0.717) is 17.1 Å². The van der Waals surface area contributed by atoms with Gasteiger partial charge in [-0.2, -0.15) is 9.61 Å². The van der Waals surface area contributed by atoms with Gasteiger partial charge >= 0.3 is 0 Å². The quantitative estimate of drug-likeness (QED) is 0.529. The zero-order valence-corrected chi connectivity index (χ0v) is 17.4. The summed E-state index contributed by atoms with van der Waals surface area (Å²) in [4.78, 5) is 4.81. The predicted molar refractivity (Wildman–Crippen MR) is 114 cm³/mol. The molecular weight excluding hydrogens is 428 g/mol. The van der Waals surface area contributed by atoms with Crippen molar-refractivity contribution in [2.75, 3.05) is 10.6 Å². The molecule has 0 unspecified atom stereocenters. The molecular formula is C19H22BrClN6. The van der Waals surface area contributed by atoms with E-state index in [2.05, 4.69) is 31.7 Å². The fourth-order valence-corrected chi connectivity index (χ4v) is 4.01. The van der Waals surface area contributed by atoms with Crippen molar-refractivity contribution in [3.63, 3.8) is 0 Å². The fourth-order valence-electron chi connectivity index (χ4n) is 3.48. The molecule has 0 aliphatic heterocycles. The van der Waals surface area contributed by atoms with Crippen LogP contribution in [0.4, 0.5) is 17.3 Å². The largest absolute Gasteiger partial charge is 0.367 e. The van der Waals surface area contributed by atoms with Crippen molar-refractivity contribution < 1.29 is 0 Å². The number of hydrogen-bond acceptors (Lipinski definition) is 5. The second-order valence-corrected chi connectivity index (χ2v) is 8.28. The van der Waals surface area contributed by atoms with Gasteiger partial charge in [0.1, 0.15) is 11.6 Å². The van der Waals surface area contributed by atoms with Crippen LogP contribution in [-0.2, 0) is 0 Å². The second kappa shape index (κ2) is 7.66. The number of nitrogens with one attached hydrogen (secondary N) is 2. The topological polar surface area (TPSA) is 80.3 Å². The van der Waals surface area contributed by atoms with Crippen molar-refractivity contribution >= 4 is 50.5 Å². The summed E-state index contributed by atoms with van der Waals surface area (Å²) in [6, 6.07) is 8.37. The van der Waals surface area contributed by atoms with Crippen LogP contribution in [0.5, 0.6) is 0 Å². The molecule has 0 radical (unpaired) electrons. The molecule has 1 fully saturated rings. The Morgan fingerprint density at radius 3 is 2.70 bits per heavy atom. The fraction of sp³-hybridized carbons (Fsp3) is 0.368. The molecule has 8 heteroatoms. The highest BCUT2D eigenvalue weighted by molar-refractivity contribution is 9.10. The van der Waals surface area contributed by atoms with Crippen LogP contribution in [-0.4, -0.2) is 26.7 Å². The van der Waals surface area contributed by atoms with Crippen molar-refractivity contribution in [2.45, 2.75) is 44.7 Å². The maximum absolute atomic E-state index is 6.35. The lowest BCUT2D eigenvalue weighted by atomic mass is 9.92. The molecule has 0 amide bonds. The van der Waals surface area contributed by atoms with Crippen molar-refractivity contribution in [2.24, 2.45) is 5.73 Å². The highest BCUT2D eigenvalue weighted by Gasteiger charge is 2.22. The minimum absolute atomic E-state index is 0.320. The molecule has 2 heterocycles. The highest BCUT2D eigenvalue weighted by atomic mass is 79.9. The van der Waals surface area contributed by atoms with E-state index in [9.17, 15) is 0 Å². The first-order valence-corrected chi connectivity index (χ1v) is 10.3. The zero-order chi connectivity index (χ0) is 19.0. The number of anilines is 3. The van der Waals surface area contributed by atoms with Crippen molar-refractivity contribution in [1.82, 2.24) is 14.6 Å². The molecule has 142 valence electrons. The van der Waals surface area contributed by atoms with E-state index in [-0.39, 0.29) is 0 Å². The Bertz CT molecular complexity index is 964. The van der Waals surface area contributed by atoms with Crippen LogP contribution in [0.1, 0.15) is 31.2 Å². The van der Waals surface area contributed by atoms with Gasteiger partial charge in [-0.25, -0.2) is 4.98 Å². The van der Waals surface area contributed by atoms with Crippen LogP contribution in [0.25, 0.3) is 5.65 Å². The summed E-state index contributed by atoms with van der Waals surface area (Å²) >= 11 is 9.90. The Hall–Kier alpha value is -1.83. The van der Waals surface area contributed by atoms with Crippen LogP contribution in [0.3, 0.4) is 0 Å². The van der Waals surface area contributed by atoms with E-state index in [1.165, 1.54) is 0 Å². The highest BCUT2D eigenvalue weighted by Crippen LogP contribution is 2.32. The third kappa shape index (κ3) is 3.77. The molecule has 1 aliphatic carbocycles. The Balaban J connectivity index is 1.73. The van der Waals surface area contributed by atoms with Crippen LogP contribution in [0.15, 0.2) is 34.9 Å². The summed E-state index contributed by atoms with van der Waals surface area (Å²) in [5, 5.41) is 12.2. The number of halogens is 2. The molecule has 27 heavy (non-hydrogen) atoms. The van der Waals surface area contributed by atoms with Gasteiger partial charge in [-0.3, -0.25) is 0 Å². The summed E-state index contributed by atoms with van der Waals surface area (Å²) in [6.45, 7) is 2.04. The molecule has 2 aromatic heterocycles. The van der Waals surface area contributed by atoms with Crippen molar-refractivity contribution in [3.05, 3.63) is 45.5 Å². The van der Waals surface area contributed by atoms with Gasteiger partial charge in [-0.05, 0) is 60.7 Å². The van der Waals surface area contributed by atoms with E-state index >= 15 is 0 Å². The number of benzene rings is 1. The molecule has 4 N–H and O–H groups in total. The van der Waals surface area contributed by atoms with Crippen LogP contribution < -0.4 is 16.4 Å². The zero-order valence-electron chi connectivity index (χ0n) is 15.0. The van der Waals surface area contributed by atoms with Crippen LogP contribution in [0, 0.1) is 6.92 Å². The lowest BCUT2D eigenvalue weighted by Crippen LogP contribution is -2.33. The van der Waals surface area contributed by atoms with Gasteiger partial charge in [0.15, 0.2) is 5.65 Å². The first kappa shape index (κ1) is 18.5. The Kier molecular flexibility index (Phi) is 5.25. The van der Waals surface area contributed by atoms with Gasteiger partial charge in [0.05, 0.1) is 21.4 Å². The lowest BCUT2D eigenvalue weighted by Gasteiger charge is -2.28. The molecule has 1 saturated carbocycles. The summed E-state index contributed by atoms with van der Waals surface area (Å²) in [5.74, 6) is 1.70. The molecule has 4 rings (SSSR count). The third-order valence-corrected chi connectivity index (χ3v) is 5.97. The second-order valence-electron chi connectivity index (χ2n) is 7.02. The molecule has 0 bridgehead atoms. The van der Waals surface area contributed by atoms with Gasteiger partial charge in [0, 0.05) is 17.6 Å². The van der Waals surface area contributed by atoms with Gasteiger partial charge in [0.25, 0.3) is 0 Å². The van der Waals surface area contributed by atoms with E-state index in [1.54, 1.807) is 10.7 Å². The summed E-state index contributed by atoms with van der Waals surface area (Å²) in [5.41, 5.74) is 8.62. The summed E-state index contributed by atoms with van der Waals surface area (Å²) < 4.78 is 2.64. The average molecular weight is 450 g/mol. The maximum Gasteiger partial charge on any atom is 0.173 e. The van der Waals surface area contributed by atoms with E-state index in [0.717, 1.165) is 58.7 Å². The van der Waals surface area contributed by atoms with Crippen molar-refractivity contribution in [3.8, 4) is 0 Å². The van der Waals surface area contributed by atoms with E-state index < -0.39 is 0 Å². The van der Waals surface area contributed by atoms with E-state index in [4.69, 9.17) is 22.3 Å². The summed E-state index contributed by atoms with van der Waals surface area (Å²) in [6.07, 6.45) is 5.95. The van der Waals surface area contributed by atoms with Crippen molar-refractivity contribution in [1.29, 1.82) is 0 Å². The molecule has 0 spiro atoms. The first-order valence-electron chi connectivity index (χ1n) is 9.10.